The average molecular weight is 817 g/mol. The Balaban J connectivity index is 1.20. The van der Waals surface area contributed by atoms with Gasteiger partial charge in [0, 0.05) is 44.2 Å². The first-order chi connectivity index (χ1) is 30.8. The molecular formula is C59H48N2O2. The van der Waals surface area contributed by atoms with E-state index in [4.69, 9.17) is 8.83 Å². The third-order valence-electron chi connectivity index (χ3n) is 12.8. The first kappa shape index (κ1) is 38.4. The Bertz CT molecular complexity index is 3570. The molecule has 0 spiro atoms. The van der Waals surface area contributed by atoms with Crippen molar-refractivity contribution >= 4 is 106 Å². The van der Waals surface area contributed by atoms with Crippen LogP contribution in [0.25, 0.3) is 72.2 Å². The lowest BCUT2D eigenvalue weighted by Gasteiger charge is -2.30. The molecule has 0 unspecified atom stereocenters. The molecule has 0 aliphatic heterocycles. The van der Waals surface area contributed by atoms with Crippen LogP contribution in [0, 0.1) is 27.7 Å². The molecule has 11 rings (SSSR count). The first-order valence-electron chi connectivity index (χ1n) is 21.9. The summed E-state index contributed by atoms with van der Waals surface area (Å²) in [6, 6.07) is 50.9. The van der Waals surface area contributed by atoms with Crippen LogP contribution in [-0.2, 0) is 0 Å². The maximum Gasteiger partial charge on any atom is 0.159 e. The molecule has 0 N–H and O–H groups in total. The van der Waals surface area contributed by atoms with E-state index in [-0.39, 0.29) is 0 Å². The molecule has 0 saturated carbocycles. The molecule has 10 aromatic rings. The van der Waals surface area contributed by atoms with Gasteiger partial charge in [0.1, 0.15) is 11.3 Å². The SMILES string of the molecule is C/C=C\c1ccc(N(c2cc(C)ccc2C)c2cccc3c4c(oc23)C(C)=CCC=C4)c2ccc3ccc(N(c4cc(C)ccc4C)c4cccc5c4oc4ccccc45)cc3c12. The number of aryl methyl sites for hydroxylation is 4. The van der Waals surface area contributed by atoms with Gasteiger partial charge in [0.05, 0.1) is 17.1 Å². The molecule has 0 saturated heterocycles. The van der Waals surface area contributed by atoms with E-state index in [0.29, 0.717) is 0 Å². The van der Waals surface area contributed by atoms with Crippen molar-refractivity contribution in [2.24, 2.45) is 0 Å². The van der Waals surface area contributed by atoms with E-state index >= 15 is 0 Å². The number of allylic oxidation sites excluding steroid dienone is 4. The van der Waals surface area contributed by atoms with E-state index in [2.05, 4.69) is 215 Å². The van der Waals surface area contributed by atoms with Crippen LogP contribution in [0.3, 0.4) is 0 Å². The number of hydrogen-bond acceptors (Lipinski definition) is 4. The zero-order valence-corrected chi connectivity index (χ0v) is 36.6. The van der Waals surface area contributed by atoms with E-state index in [1.165, 1.54) is 38.4 Å². The molecule has 4 nitrogen and oxygen atoms in total. The maximum absolute atomic E-state index is 6.96. The highest BCUT2D eigenvalue weighted by atomic mass is 16.3. The molecule has 0 radical (unpaired) electrons. The molecule has 2 heterocycles. The van der Waals surface area contributed by atoms with Crippen LogP contribution in [0.4, 0.5) is 34.1 Å². The van der Waals surface area contributed by atoms with Gasteiger partial charge in [-0.1, -0.05) is 121 Å². The average Bonchev–Trinajstić information content (AvgIpc) is 3.82. The van der Waals surface area contributed by atoms with Crippen LogP contribution in [-0.4, -0.2) is 0 Å². The van der Waals surface area contributed by atoms with Crippen molar-refractivity contribution in [3.63, 3.8) is 0 Å². The van der Waals surface area contributed by atoms with Gasteiger partial charge in [0.2, 0.25) is 0 Å². The summed E-state index contributed by atoms with van der Waals surface area (Å²) >= 11 is 0. The summed E-state index contributed by atoms with van der Waals surface area (Å²) in [5.41, 5.74) is 17.2. The van der Waals surface area contributed by atoms with Crippen LogP contribution < -0.4 is 9.80 Å². The van der Waals surface area contributed by atoms with Crippen LogP contribution in [0.1, 0.15) is 59.4 Å². The van der Waals surface area contributed by atoms with Crippen LogP contribution in [0.2, 0.25) is 0 Å². The number of nitrogens with zero attached hydrogens (tertiary/aromatic N) is 2. The summed E-state index contributed by atoms with van der Waals surface area (Å²) in [5, 5.41) is 7.99. The minimum Gasteiger partial charge on any atom is -0.454 e. The third kappa shape index (κ3) is 6.28. The highest BCUT2D eigenvalue weighted by Crippen LogP contribution is 2.49. The van der Waals surface area contributed by atoms with E-state index in [1.807, 2.05) is 6.07 Å². The second-order valence-corrected chi connectivity index (χ2v) is 17.1. The number of benzene rings is 8. The normalized spacial score (nSPS) is 12.8. The third-order valence-corrected chi connectivity index (χ3v) is 12.8. The van der Waals surface area contributed by atoms with Gasteiger partial charge in [0.25, 0.3) is 0 Å². The molecule has 2 aromatic heterocycles. The van der Waals surface area contributed by atoms with Gasteiger partial charge < -0.3 is 18.6 Å². The summed E-state index contributed by atoms with van der Waals surface area (Å²) < 4.78 is 13.7. The molecule has 4 heteroatoms. The van der Waals surface area contributed by atoms with Crippen molar-refractivity contribution < 1.29 is 8.83 Å². The lowest BCUT2D eigenvalue weighted by molar-refractivity contribution is 0.599. The Hall–Kier alpha value is -7.56. The van der Waals surface area contributed by atoms with E-state index in [0.717, 1.165) is 101 Å². The summed E-state index contributed by atoms with van der Waals surface area (Å²) in [4.78, 5) is 4.82. The molecule has 63 heavy (non-hydrogen) atoms. The molecule has 306 valence electrons. The number of para-hydroxylation sites is 3. The van der Waals surface area contributed by atoms with Crippen molar-refractivity contribution in [2.45, 2.75) is 48.0 Å². The highest BCUT2D eigenvalue weighted by Gasteiger charge is 2.26. The molecule has 0 amide bonds. The summed E-state index contributed by atoms with van der Waals surface area (Å²) in [6.45, 7) is 13.0. The molecule has 1 aliphatic carbocycles. The summed E-state index contributed by atoms with van der Waals surface area (Å²) in [5.74, 6) is 0.936. The number of fused-ring (bicyclic) bond motifs is 9. The van der Waals surface area contributed by atoms with Crippen molar-refractivity contribution in [1.82, 2.24) is 0 Å². The molecule has 1 aliphatic rings. The number of anilines is 6. The second kappa shape index (κ2) is 15.1. The highest BCUT2D eigenvalue weighted by molar-refractivity contribution is 6.18. The standard InChI is InChI=1S/C59H48N2O2/c1-7-14-42-29-32-50(61(54-34-37(3)24-26-39(54)5)52-21-13-19-47-46-17-9-8-15-40(6)57(46)63-59(47)52)48-31-28-41-27-30-43(35-49(41)56(42)48)60(53-33-36(2)23-25-38(53)4)51-20-12-18-45-44-16-10-11-22-55(44)62-58(45)51/h7,9-35H,8H2,1-6H3/b14-7-. The predicted octanol–water partition coefficient (Wildman–Crippen LogP) is 17.7. The van der Waals surface area contributed by atoms with Crippen molar-refractivity contribution in [3.05, 3.63) is 197 Å². The van der Waals surface area contributed by atoms with Crippen LogP contribution in [0.15, 0.2) is 167 Å². The Kier molecular flexibility index (Phi) is 9.20. The summed E-state index contributed by atoms with van der Waals surface area (Å²) in [6.07, 6.45) is 12.0. The quantitative estimate of drug-likeness (QED) is 0.150. The summed E-state index contributed by atoms with van der Waals surface area (Å²) in [7, 11) is 0. The van der Waals surface area contributed by atoms with Gasteiger partial charge >= 0.3 is 0 Å². The lowest BCUT2D eigenvalue weighted by atomic mass is 9.94. The van der Waals surface area contributed by atoms with Gasteiger partial charge in [-0.15, -0.1) is 0 Å². The van der Waals surface area contributed by atoms with Gasteiger partial charge in [-0.05, 0) is 146 Å². The molecule has 0 bridgehead atoms. The molecule has 0 fully saturated rings. The fourth-order valence-corrected chi connectivity index (χ4v) is 9.73. The molecule has 8 aromatic carbocycles. The Labute approximate surface area is 368 Å². The Morgan fingerprint density at radius 2 is 1.21 bits per heavy atom. The second-order valence-electron chi connectivity index (χ2n) is 17.1. The zero-order valence-electron chi connectivity index (χ0n) is 36.6. The van der Waals surface area contributed by atoms with Crippen molar-refractivity contribution in [1.29, 1.82) is 0 Å². The minimum absolute atomic E-state index is 0.865. The van der Waals surface area contributed by atoms with Gasteiger partial charge in [-0.3, -0.25) is 0 Å². The van der Waals surface area contributed by atoms with Crippen molar-refractivity contribution in [3.8, 4) is 0 Å². The monoisotopic (exact) mass is 816 g/mol. The number of rotatable bonds is 7. The topological polar surface area (TPSA) is 32.8 Å². The van der Waals surface area contributed by atoms with Crippen LogP contribution in [0.5, 0.6) is 0 Å². The van der Waals surface area contributed by atoms with Gasteiger partial charge in [-0.2, -0.15) is 0 Å². The van der Waals surface area contributed by atoms with Gasteiger partial charge in [-0.25, -0.2) is 0 Å². The minimum atomic E-state index is 0.865. The molecular weight excluding hydrogens is 769 g/mol. The van der Waals surface area contributed by atoms with E-state index < -0.39 is 0 Å². The first-order valence-corrected chi connectivity index (χ1v) is 21.9. The van der Waals surface area contributed by atoms with E-state index in [9.17, 15) is 0 Å². The fourth-order valence-electron chi connectivity index (χ4n) is 9.73. The lowest BCUT2D eigenvalue weighted by Crippen LogP contribution is -2.13. The van der Waals surface area contributed by atoms with Crippen molar-refractivity contribution in [2.75, 3.05) is 9.80 Å². The Morgan fingerprint density at radius 1 is 0.524 bits per heavy atom. The largest absolute Gasteiger partial charge is 0.454 e. The van der Waals surface area contributed by atoms with E-state index in [1.54, 1.807) is 0 Å². The fraction of sp³-hybridized carbons (Fsp3) is 0.119. The Morgan fingerprint density at radius 3 is 1.98 bits per heavy atom. The smallest absolute Gasteiger partial charge is 0.159 e. The van der Waals surface area contributed by atoms with Crippen LogP contribution >= 0.6 is 0 Å². The predicted molar refractivity (Wildman–Crippen MR) is 269 cm³/mol. The molecule has 0 atom stereocenters. The number of hydrogen-bond donors (Lipinski definition) is 0. The maximum atomic E-state index is 6.96. The number of furan rings is 2. The zero-order chi connectivity index (χ0) is 42.9. The van der Waals surface area contributed by atoms with Gasteiger partial charge in [0.15, 0.2) is 11.2 Å².